The van der Waals surface area contributed by atoms with Gasteiger partial charge < -0.3 is 5.11 Å². The minimum atomic E-state index is -0.375. The number of aliphatic hydroxyl groups is 1. The smallest absolute Gasteiger partial charge is 0.0919 e. The zero-order valence-electron chi connectivity index (χ0n) is 11.5. The summed E-state index contributed by atoms with van der Waals surface area (Å²) in [7, 11) is 2.13. The van der Waals surface area contributed by atoms with Crippen LogP contribution in [-0.4, -0.2) is 41.1 Å². The van der Waals surface area contributed by atoms with Crippen molar-refractivity contribution in [2.75, 3.05) is 25.1 Å². The quantitative estimate of drug-likeness (QED) is 0.905. The van der Waals surface area contributed by atoms with E-state index in [9.17, 15) is 5.11 Å². The maximum atomic E-state index is 10.4. The monoisotopic (exact) mass is 265 g/mol. The van der Waals surface area contributed by atoms with Crippen LogP contribution in [0.3, 0.4) is 0 Å². The molecule has 0 unspecified atom stereocenters. The van der Waals surface area contributed by atoms with Gasteiger partial charge in [-0.15, -0.1) is 0 Å². The summed E-state index contributed by atoms with van der Waals surface area (Å²) in [4.78, 5) is 2.31. The predicted molar refractivity (Wildman–Crippen MR) is 79.2 cm³/mol. The van der Waals surface area contributed by atoms with Gasteiger partial charge in [-0.2, -0.15) is 11.8 Å². The summed E-state index contributed by atoms with van der Waals surface area (Å²) < 4.78 is 0. The van der Waals surface area contributed by atoms with Crippen LogP contribution in [0.15, 0.2) is 18.2 Å². The molecule has 1 aromatic carbocycles. The Bertz CT molecular complexity index is 401. The van der Waals surface area contributed by atoms with E-state index in [1.807, 2.05) is 11.8 Å². The highest BCUT2D eigenvalue weighted by atomic mass is 32.2. The minimum absolute atomic E-state index is 0.375. The molecule has 0 aromatic heterocycles. The van der Waals surface area contributed by atoms with Crippen LogP contribution in [-0.2, 0) is 0 Å². The van der Waals surface area contributed by atoms with Crippen molar-refractivity contribution in [2.24, 2.45) is 0 Å². The highest BCUT2D eigenvalue weighted by Gasteiger charge is 2.22. The molecule has 0 radical (unpaired) electrons. The molecule has 0 spiro atoms. The average Bonchev–Trinajstić information content (AvgIpc) is 2.85. The topological polar surface area (TPSA) is 23.5 Å². The fourth-order valence-electron chi connectivity index (χ4n) is 2.51. The van der Waals surface area contributed by atoms with Crippen LogP contribution in [0.1, 0.15) is 29.2 Å². The Morgan fingerprint density at radius 3 is 2.89 bits per heavy atom. The summed E-state index contributed by atoms with van der Waals surface area (Å²) in [6.07, 6.45) is 0.876. The highest BCUT2D eigenvalue weighted by Crippen LogP contribution is 2.25. The number of nitrogens with zero attached hydrogens (tertiary/aromatic N) is 1. The van der Waals surface area contributed by atoms with Crippen LogP contribution in [0.2, 0.25) is 0 Å². The molecule has 0 amide bonds. The number of aliphatic hydroxyl groups excluding tert-OH is 1. The van der Waals surface area contributed by atoms with Crippen molar-refractivity contribution >= 4 is 11.8 Å². The lowest BCUT2D eigenvalue weighted by Gasteiger charge is -2.27. The number of aryl methyl sites for hydroxylation is 2. The summed E-state index contributed by atoms with van der Waals surface area (Å²) >= 11 is 2.02. The van der Waals surface area contributed by atoms with Gasteiger partial charge in [0.1, 0.15) is 0 Å². The first-order chi connectivity index (χ1) is 8.58. The molecule has 1 saturated heterocycles. The van der Waals surface area contributed by atoms with Crippen LogP contribution >= 0.6 is 11.8 Å². The van der Waals surface area contributed by atoms with Crippen molar-refractivity contribution in [3.05, 3.63) is 34.9 Å². The molecule has 1 aliphatic rings. The molecule has 1 heterocycles. The number of hydrogen-bond acceptors (Lipinski definition) is 3. The molecule has 1 aromatic rings. The van der Waals surface area contributed by atoms with Crippen LogP contribution in [0.5, 0.6) is 0 Å². The molecule has 2 nitrogen and oxygen atoms in total. The molecule has 18 heavy (non-hydrogen) atoms. The van der Waals surface area contributed by atoms with E-state index in [1.54, 1.807) is 0 Å². The van der Waals surface area contributed by atoms with Crippen molar-refractivity contribution in [1.82, 2.24) is 4.90 Å². The van der Waals surface area contributed by atoms with Gasteiger partial charge in [0.25, 0.3) is 0 Å². The molecule has 0 bridgehead atoms. The molecule has 1 fully saturated rings. The first kappa shape index (κ1) is 13.9. The molecule has 3 heteroatoms. The third-order valence-electron chi connectivity index (χ3n) is 3.78. The Morgan fingerprint density at radius 1 is 1.44 bits per heavy atom. The van der Waals surface area contributed by atoms with Crippen molar-refractivity contribution in [3.8, 4) is 0 Å². The van der Waals surface area contributed by atoms with Gasteiger partial charge in [0.05, 0.1) is 6.10 Å². The Hall–Kier alpha value is -0.510. The van der Waals surface area contributed by atoms with E-state index < -0.39 is 0 Å². The second kappa shape index (κ2) is 6.09. The summed E-state index contributed by atoms with van der Waals surface area (Å²) in [5.41, 5.74) is 3.48. The Kier molecular flexibility index (Phi) is 4.71. The fraction of sp³-hybridized carbons (Fsp3) is 0.600. The van der Waals surface area contributed by atoms with Crippen molar-refractivity contribution in [1.29, 1.82) is 0 Å². The molecule has 1 aliphatic heterocycles. The Labute approximate surface area is 114 Å². The second-order valence-electron chi connectivity index (χ2n) is 5.33. The van der Waals surface area contributed by atoms with Gasteiger partial charge in [-0.1, -0.05) is 23.8 Å². The number of hydrogen-bond donors (Lipinski definition) is 1. The predicted octanol–water partition coefficient (Wildman–Crippen LogP) is 2.77. The van der Waals surface area contributed by atoms with Crippen LogP contribution in [0, 0.1) is 13.8 Å². The van der Waals surface area contributed by atoms with Crippen LogP contribution < -0.4 is 0 Å². The van der Waals surface area contributed by atoms with E-state index in [2.05, 4.69) is 44.0 Å². The molecule has 0 saturated carbocycles. The molecular weight excluding hydrogens is 242 g/mol. The normalized spacial score (nSPS) is 21.5. The lowest BCUT2D eigenvalue weighted by atomic mass is 10.00. The minimum Gasteiger partial charge on any atom is -0.387 e. The maximum absolute atomic E-state index is 10.4. The third kappa shape index (κ3) is 3.28. The van der Waals surface area contributed by atoms with E-state index >= 15 is 0 Å². The molecule has 1 N–H and O–H groups in total. The van der Waals surface area contributed by atoms with Gasteiger partial charge in [0, 0.05) is 18.3 Å². The summed E-state index contributed by atoms with van der Waals surface area (Å²) in [5.74, 6) is 2.46. The number of thioether (sulfide) groups is 1. The molecule has 100 valence electrons. The van der Waals surface area contributed by atoms with E-state index in [-0.39, 0.29) is 6.10 Å². The standard InChI is InChI=1S/C15H23NOS/c1-11-4-5-12(2)14(8-11)15(17)9-16(3)13-6-7-18-10-13/h4-5,8,13,15,17H,6-7,9-10H2,1-3H3/t13-,15+/m1/s1. The van der Waals surface area contributed by atoms with Gasteiger partial charge in [-0.05, 0) is 44.2 Å². The summed E-state index contributed by atoms with van der Waals surface area (Å²) in [5, 5.41) is 10.4. The lowest BCUT2D eigenvalue weighted by molar-refractivity contribution is 0.109. The largest absolute Gasteiger partial charge is 0.387 e. The molecule has 2 atom stereocenters. The van der Waals surface area contributed by atoms with Crippen LogP contribution in [0.25, 0.3) is 0 Å². The van der Waals surface area contributed by atoms with E-state index in [1.165, 1.54) is 29.1 Å². The van der Waals surface area contributed by atoms with Gasteiger partial charge in [0.2, 0.25) is 0 Å². The second-order valence-corrected chi connectivity index (χ2v) is 6.48. The maximum Gasteiger partial charge on any atom is 0.0919 e. The van der Waals surface area contributed by atoms with Gasteiger partial charge >= 0.3 is 0 Å². The Balaban J connectivity index is 2.02. The molecule has 0 aliphatic carbocycles. The number of benzene rings is 1. The first-order valence-corrected chi connectivity index (χ1v) is 7.76. The molecular formula is C15H23NOS. The van der Waals surface area contributed by atoms with Gasteiger partial charge in [-0.3, -0.25) is 4.90 Å². The SMILES string of the molecule is Cc1ccc(C)c([C@@H](O)CN(C)[C@@H]2CCSC2)c1. The Morgan fingerprint density at radius 2 is 2.22 bits per heavy atom. The summed E-state index contributed by atoms with van der Waals surface area (Å²) in [6, 6.07) is 6.94. The average molecular weight is 265 g/mol. The van der Waals surface area contributed by atoms with Gasteiger partial charge in [-0.25, -0.2) is 0 Å². The van der Waals surface area contributed by atoms with Gasteiger partial charge in [0.15, 0.2) is 0 Å². The zero-order chi connectivity index (χ0) is 13.1. The number of rotatable bonds is 4. The van der Waals surface area contributed by atoms with Crippen molar-refractivity contribution < 1.29 is 5.11 Å². The highest BCUT2D eigenvalue weighted by molar-refractivity contribution is 7.99. The zero-order valence-corrected chi connectivity index (χ0v) is 12.3. The van der Waals surface area contributed by atoms with Crippen LogP contribution in [0.4, 0.5) is 0 Å². The number of likely N-dealkylation sites (N-methyl/N-ethyl adjacent to an activating group) is 1. The van der Waals surface area contributed by atoms with E-state index in [4.69, 9.17) is 0 Å². The van der Waals surface area contributed by atoms with E-state index in [0.717, 1.165) is 12.1 Å². The first-order valence-electron chi connectivity index (χ1n) is 6.61. The van der Waals surface area contributed by atoms with Crippen molar-refractivity contribution in [3.63, 3.8) is 0 Å². The lowest BCUT2D eigenvalue weighted by Crippen LogP contribution is -2.35. The van der Waals surface area contributed by atoms with E-state index in [0.29, 0.717) is 6.04 Å². The van der Waals surface area contributed by atoms with Crippen molar-refractivity contribution in [2.45, 2.75) is 32.4 Å². The summed E-state index contributed by atoms with van der Waals surface area (Å²) in [6.45, 7) is 4.88. The molecule has 2 rings (SSSR count). The third-order valence-corrected chi connectivity index (χ3v) is 4.93. The fourth-order valence-corrected chi connectivity index (χ4v) is 3.81.